The highest BCUT2D eigenvalue weighted by Gasteiger charge is 2.33. The number of carboxylic acid groups (broad SMARTS) is 1. The summed E-state index contributed by atoms with van der Waals surface area (Å²) < 4.78 is 17.8. The molecule has 1 N–H and O–H groups in total. The van der Waals surface area contributed by atoms with Crippen molar-refractivity contribution >= 4 is 40.1 Å². The van der Waals surface area contributed by atoms with Gasteiger partial charge in [-0.15, -0.1) is 0 Å². The second-order valence-electron chi connectivity index (χ2n) is 10.5. The number of halogens is 2. The molecule has 2 saturated carbocycles. The van der Waals surface area contributed by atoms with E-state index in [-0.39, 0.29) is 5.56 Å². The number of aromatic nitrogens is 3. The van der Waals surface area contributed by atoms with Crippen molar-refractivity contribution in [3.8, 4) is 17.0 Å². The predicted octanol–water partition coefficient (Wildman–Crippen LogP) is 7.50. The molecule has 40 heavy (non-hydrogen) atoms. The maximum atomic E-state index is 11.7. The molecule has 208 valence electrons. The molecule has 6 rings (SSSR count). The van der Waals surface area contributed by atoms with Gasteiger partial charge in [-0.3, -0.25) is 4.98 Å². The number of ether oxygens (including phenoxy) is 2. The summed E-state index contributed by atoms with van der Waals surface area (Å²) >= 11 is 12.8. The number of benzene rings is 1. The minimum Gasteiger partial charge on any atom is -0.491 e. The van der Waals surface area contributed by atoms with Crippen LogP contribution < -0.4 is 4.74 Å². The van der Waals surface area contributed by atoms with Crippen LogP contribution in [-0.4, -0.2) is 39.4 Å². The Kier molecular flexibility index (Phi) is 7.91. The molecule has 1 aromatic carbocycles. The number of pyridine rings is 2. The number of carboxylic acids is 1. The van der Waals surface area contributed by atoms with E-state index in [0.717, 1.165) is 49.1 Å². The highest BCUT2D eigenvalue weighted by molar-refractivity contribution is 6.38. The number of aromatic carboxylic acids is 1. The fourth-order valence-corrected chi connectivity index (χ4v) is 5.36. The Morgan fingerprint density at radius 3 is 2.58 bits per heavy atom. The summed E-state index contributed by atoms with van der Waals surface area (Å²) in [4.78, 5) is 20.6. The Labute approximate surface area is 241 Å². The lowest BCUT2D eigenvalue weighted by Crippen LogP contribution is -2.04. The van der Waals surface area contributed by atoms with Gasteiger partial charge in [0.2, 0.25) is 0 Å². The van der Waals surface area contributed by atoms with E-state index in [9.17, 15) is 9.90 Å². The van der Waals surface area contributed by atoms with Crippen LogP contribution in [0.15, 0.2) is 41.2 Å². The Morgan fingerprint density at radius 2 is 1.85 bits per heavy atom. The molecule has 10 heteroatoms. The highest BCUT2D eigenvalue weighted by Crippen LogP contribution is 2.46. The molecule has 3 heterocycles. The lowest BCUT2D eigenvalue weighted by molar-refractivity contribution is 0.0699. The second-order valence-corrected chi connectivity index (χ2v) is 11.3. The maximum Gasteiger partial charge on any atom is 0.336 e. The van der Waals surface area contributed by atoms with Crippen molar-refractivity contribution in [2.45, 2.75) is 57.5 Å². The van der Waals surface area contributed by atoms with E-state index in [1.54, 1.807) is 24.5 Å². The summed E-state index contributed by atoms with van der Waals surface area (Å²) in [5, 5.41) is 15.3. The zero-order valence-electron chi connectivity index (χ0n) is 21.9. The average molecular weight is 582 g/mol. The van der Waals surface area contributed by atoms with Gasteiger partial charge in [0.25, 0.3) is 0 Å². The van der Waals surface area contributed by atoms with Crippen molar-refractivity contribution in [2.24, 2.45) is 5.92 Å². The average Bonchev–Trinajstić information content (AvgIpc) is 3.88. The first-order valence-electron chi connectivity index (χ1n) is 13.6. The Hall–Kier alpha value is -3.20. The van der Waals surface area contributed by atoms with Crippen molar-refractivity contribution in [1.82, 2.24) is 15.1 Å². The smallest absolute Gasteiger partial charge is 0.336 e. The summed E-state index contributed by atoms with van der Waals surface area (Å²) in [6.45, 7) is 1.55. The molecule has 0 atom stereocenters. The normalized spacial score (nSPS) is 15.1. The molecule has 0 aliphatic heterocycles. The Balaban J connectivity index is 1.08. The molecule has 0 bridgehead atoms. The van der Waals surface area contributed by atoms with Crippen molar-refractivity contribution in [3.63, 3.8) is 0 Å². The van der Waals surface area contributed by atoms with Crippen LogP contribution in [0, 0.1) is 5.92 Å². The van der Waals surface area contributed by atoms with Gasteiger partial charge >= 0.3 is 5.97 Å². The number of unbranched alkanes of at least 4 members (excludes halogenated alkanes) is 1. The molecule has 0 unspecified atom stereocenters. The number of hydrogen-bond acceptors (Lipinski definition) is 7. The van der Waals surface area contributed by atoms with Gasteiger partial charge in [0, 0.05) is 47.1 Å². The fourth-order valence-electron chi connectivity index (χ4n) is 4.81. The minimum atomic E-state index is -0.972. The standard InChI is InChI=1S/C30H29Cl2N3O5/c31-23-13-33-14-24(32)26(23)28-22(29(40-35-28)18-6-7-18)16-38-12-2-1-3-19-8-9-20-21(30(36)37)10-11-25(27(20)34-19)39-15-17-4-5-17/h8-11,13-14,17-18H,1-7,12,15-16H2,(H,36,37). The van der Waals surface area contributed by atoms with E-state index in [1.165, 1.54) is 12.8 Å². The van der Waals surface area contributed by atoms with Gasteiger partial charge in [0.1, 0.15) is 22.7 Å². The number of nitrogens with zero attached hydrogens (tertiary/aromatic N) is 3. The molecular formula is C30H29Cl2N3O5. The van der Waals surface area contributed by atoms with Crippen LogP contribution in [-0.2, 0) is 17.8 Å². The van der Waals surface area contributed by atoms with E-state index in [0.29, 0.717) is 69.6 Å². The summed E-state index contributed by atoms with van der Waals surface area (Å²) in [5.74, 6) is 1.46. The van der Waals surface area contributed by atoms with Crippen LogP contribution in [0.25, 0.3) is 22.2 Å². The molecule has 0 spiro atoms. The molecule has 2 aliphatic carbocycles. The van der Waals surface area contributed by atoms with Crippen molar-refractivity contribution in [2.75, 3.05) is 13.2 Å². The number of rotatable bonds is 13. The van der Waals surface area contributed by atoms with Gasteiger partial charge in [0.05, 0.1) is 28.8 Å². The first-order chi connectivity index (χ1) is 19.5. The third kappa shape index (κ3) is 5.94. The molecular weight excluding hydrogens is 553 g/mol. The number of carbonyl (C=O) groups is 1. The summed E-state index contributed by atoms with van der Waals surface area (Å²) in [5.41, 5.74) is 3.85. The van der Waals surface area contributed by atoms with E-state index in [1.807, 2.05) is 12.1 Å². The number of fused-ring (bicyclic) bond motifs is 1. The molecule has 0 amide bonds. The summed E-state index contributed by atoms with van der Waals surface area (Å²) in [6, 6.07) is 7.05. The topological polar surface area (TPSA) is 108 Å². The first kappa shape index (κ1) is 27.0. The molecule has 0 saturated heterocycles. The van der Waals surface area contributed by atoms with E-state index in [4.69, 9.17) is 42.2 Å². The molecule has 3 aromatic heterocycles. The fraction of sp³-hybridized carbons (Fsp3) is 0.400. The number of aryl methyl sites for hydroxylation is 1. The van der Waals surface area contributed by atoms with Gasteiger partial charge in [0.15, 0.2) is 0 Å². The van der Waals surface area contributed by atoms with Crippen LogP contribution in [0.1, 0.15) is 71.8 Å². The van der Waals surface area contributed by atoms with Crippen molar-refractivity contribution in [1.29, 1.82) is 0 Å². The summed E-state index contributed by atoms with van der Waals surface area (Å²) in [7, 11) is 0. The zero-order valence-corrected chi connectivity index (χ0v) is 23.4. The highest BCUT2D eigenvalue weighted by atomic mass is 35.5. The van der Waals surface area contributed by atoms with Crippen LogP contribution >= 0.6 is 23.2 Å². The van der Waals surface area contributed by atoms with Crippen LogP contribution in [0.3, 0.4) is 0 Å². The van der Waals surface area contributed by atoms with Crippen LogP contribution in [0.5, 0.6) is 5.75 Å². The van der Waals surface area contributed by atoms with Gasteiger partial charge < -0.3 is 19.1 Å². The zero-order chi connectivity index (χ0) is 27.6. The number of hydrogen-bond donors (Lipinski definition) is 1. The largest absolute Gasteiger partial charge is 0.491 e. The monoisotopic (exact) mass is 581 g/mol. The Bertz CT molecular complexity index is 1530. The lowest BCUT2D eigenvalue weighted by Gasteiger charge is -2.12. The third-order valence-electron chi connectivity index (χ3n) is 7.35. The van der Waals surface area contributed by atoms with Crippen molar-refractivity contribution in [3.05, 3.63) is 69.3 Å². The van der Waals surface area contributed by atoms with Gasteiger partial charge in [-0.05, 0) is 75.1 Å². The Morgan fingerprint density at radius 1 is 1.05 bits per heavy atom. The molecule has 2 fully saturated rings. The van der Waals surface area contributed by atoms with E-state index < -0.39 is 5.97 Å². The van der Waals surface area contributed by atoms with Crippen LogP contribution in [0.4, 0.5) is 0 Å². The van der Waals surface area contributed by atoms with Gasteiger partial charge in [-0.2, -0.15) is 0 Å². The predicted molar refractivity (Wildman–Crippen MR) is 151 cm³/mol. The van der Waals surface area contributed by atoms with E-state index in [2.05, 4.69) is 10.1 Å². The third-order valence-corrected chi connectivity index (χ3v) is 7.93. The minimum absolute atomic E-state index is 0.231. The SMILES string of the molecule is O=C(O)c1ccc(OCC2CC2)c2nc(CCCCOCc3c(-c4c(Cl)cncc4Cl)noc3C3CC3)ccc12. The first-order valence-corrected chi connectivity index (χ1v) is 14.4. The molecule has 0 radical (unpaired) electrons. The van der Waals surface area contributed by atoms with Gasteiger partial charge in [-0.1, -0.05) is 28.4 Å². The maximum absolute atomic E-state index is 11.7. The second kappa shape index (κ2) is 11.7. The quantitative estimate of drug-likeness (QED) is 0.162. The summed E-state index contributed by atoms with van der Waals surface area (Å²) in [6.07, 6.45) is 10.0. The van der Waals surface area contributed by atoms with E-state index >= 15 is 0 Å². The van der Waals surface area contributed by atoms with Crippen LogP contribution in [0.2, 0.25) is 10.0 Å². The molecule has 2 aliphatic rings. The lowest BCUT2D eigenvalue weighted by atomic mass is 10.1. The van der Waals surface area contributed by atoms with Gasteiger partial charge in [-0.25, -0.2) is 9.78 Å². The van der Waals surface area contributed by atoms with Crippen molar-refractivity contribution < 1.29 is 23.9 Å². The molecule has 8 nitrogen and oxygen atoms in total. The molecule has 4 aromatic rings.